The highest BCUT2D eigenvalue weighted by molar-refractivity contribution is 6.08. The van der Waals surface area contributed by atoms with Gasteiger partial charge in [-0.1, -0.05) is 24.3 Å². The highest BCUT2D eigenvalue weighted by Crippen LogP contribution is 2.30. The quantitative estimate of drug-likeness (QED) is 0.315. The van der Waals surface area contributed by atoms with Crippen molar-refractivity contribution in [3.05, 3.63) is 89.0 Å². The zero-order chi connectivity index (χ0) is 30.3. The summed E-state index contributed by atoms with van der Waals surface area (Å²) in [4.78, 5) is 56.3. The lowest BCUT2D eigenvalue weighted by Crippen LogP contribution is -2.47. The maximum atomic E-state index is 13.3. The number of amides is 4. The average molecular weight is 583 g/mol. The molecule has 0 aliphatic carbocycles. The molecule has 2 fully saturated rings. The number of carbonyl (C=O) groups excluding carboxylic acids is 4. The Bertz CT molecular complexity index is 1510. The van der Waals surface area contributed by atoms with E-state index in [1.54, 1.807) is 30.3 Å². The van der Waals surface area contributed by atoms with Gasteiger partial charge in [0, 0.05) is 74.6 Å². The molecule has 5 rings (SSSR count). The summed E-state index contributed by atoms with van der Waals surface area (Å²) in [6, 6.07) is 19.9. The van der Waals surface area contributed by atoms with Crippen molar-refractivity contribution in [2.24, 2.45) is 5.73 Å². The van der Waals surface area contributed by atoms with Crippen molar-refractivity contribution in [3.8, 4) is 0 Å². The number of benzene rings is 3. The highest BCUT2D eigenvalue weighted by atomic mass is 16.2. The second-order valence-corrected chi connectivity index (χ2v) is 11.0. The Morgan fingerprint density at radius 2 is 1.49 bits per heavy atom. The van der Waals surface area contributed by atoms with Crippen LogP contribution in [-0.2, 0) is 4.79 Å². The van der Waals surface area contributed by atoms with E-state index in [0.717, 1.165) is 44.8 Å². The van der Waals surface area contributed by atoms with E-state index in [9.17, 15) is 19.2 Å². The SMILES string of the molecule is Cc1ccccc1N1CCN(c2ccc(C(=O)NCCCN3CCCC3=O)cc2NC(=O)c2cccc(C(N)=O)c2)CC1. The Hall–Kier alpha value is -4.86. The number of anilines is 3. The Morgan fingerprint density at radius 1 is 0.791 bits per heavy atom. The largest absolute Gasteiger partial charge is 0.368 e. The smallest absolute Gasteiger partial charge is 0.255 e. The van der Waals surface area contributed by atoms with E-state index in [4.69, 9.17) is 5.73 Å². The van der Waals surface area contributed by atoms with Crippen LogP contribution in [0.3, 0.4) is 0 Å². The monoisotopic (exact) mass is 582 g/mol. The predicted molar refractivity (Wildman–Crippen MR) is 168 cm³/mol. The molecule has 3 aromatic carbocycles. The third-order valence-corrected chi connectivity index (χ3v) is 8.05. The van der Waals surface area contributed by atoms with Gasteiger partial charge in [-0.05, 0) is 67.8 Å². The van der Waals surface area contributed by atoms with E-state index in [1.165, 1.54) is 17.3 Å². The van der Waals surface area contributed by atoms with Crippen molar-refractivity contribution in [2.45, 2.75) is 26.2 Å². The molecule has 43 heavy (non-hydrogen) atoms. The van der Waals surface area contributed by atoms with Gasteiger partial charge < -0.3 is 31.1 Å². The van der Waals surface area contributed by atoms with Crippen molar-refractivity contribution in [1.82, 2.24) is 10.2 Å². The zero-order valence-electron chi connectivity index (χ0n) is 24.5. The van der Waals surface area contributed by atoms with Gasteiger partial charge in [0.1, 0.15) is 0 Å². The van der Waals surface area contributed by atoms with Gasteiger partial charge in [-0.3, -0.25) is 19.2 Å². The predicted octanol–water partition coefficient (Wildman–Crippen LogP) is 3.42. The van der Waals surface area contributed by atoms with Crippen LogP contribution < -0.4 is 26.2 Å². The Kier molecular flexibility index (Phi) is 9.24. The lowest BCUT2D eigenvalue weighted by molar-refractivity contribution is -0.127. The number of carbonyl (C=O) groups is 4. The molecular weight excluding hydrogens is 544 g/mol. The molecule has 0 aromatic heterocycles. The number of nitrogens with one attached hydrogen (secondary N) is 2. The van der Waals surface area contributed by atoms with Crippen LogP contribution >= 0.6 is 0 Å². The van der Waals surface area contributed by atoms with Crippen LogP contribution in [0.25, 0.3) is 0 Å². The summed E-state index contributed by atoms with van der Waals surface area (Å²) < 4.78 is 0. The minimum absolute atomic E-state index is 0.170. The first-order chi connectivity index (χ1) is 20.8. The second-order valence-electron chi connectivity index (χ2n) is 11.0. The molecule has 224 valence electrons. The van der Waals surface area contributed by atoms with Crippen molar-refractivity contribution >= 4 is 40.7 Å². The van der Waals surface area contributed by atoms with Crippen molar-refractivity contribution in [1.29, 1.82) is 0 Å². The van der Waals surface area contributed by atoms with E-state index in [2.05, 4.69) is 39.5 Å². The highest BCUT2D eigenvalue weighted by Gasteiger charge is 2.23. The maximum absolute atomic E-state index is 13.3. The summed E-state index contributed by atoms with van der Waals surface area (Å²) >= 11 is 0. The normalized spacial score (nSPS) is 15.0. The molecule has 4 N–H and O–H groups in total. The third-order valence-electron chi connectivity index (χ3n) is 8.05. The lowest BCUT2D eigenvalue weighted by Gasteiger charge is -2.38. The molecule has 0 unspecified atom stereocenters. The van der Waals surface area contributed by atoms with Crippen molar-refractivity contribution in [3.63, 3.8) is 0 Å². The van der Waals surface area contributed by atoms with Crippen LogP contribution in [0.4, 0.5) is 17.1 Å². The van der Waals surface area contributed by atoms with Crippen LogP contribution in [0, 0.1) is 6.92 Å². The third kappa shape index (κ3) is 7.14. The lowest BCUT2D eigenvalue weighted by atomic mass is 10.1. The van der Waals surface area contributed by atoms with Gasteiger partial charge in [0.15, 0.2) is 0 Å². The molecule has 2 saturated heterocycles. The van der Waals surface area contributed by atoms with Gasteiger partial charge in [0.25, 0.3) is 11.8 Å². The maximum Gasteiger partial charge on any atom is 0.255 e. The molecule has 10 heteroatoms. The summed E-state index contributed by atoms with van der Waals surface area (Å²) in [5.41, 5.74) is 10.1. The molecule has 0 atom stereocenters. The van der Waals surface area contributed by atoms with Crippen LogP contribution in [-0.4, -0.2) is 74.3 Å². The summed E-state index contributed by atoms with van der Waals surface area (Å²) in [5, 5.41) is 5.91. The number of piperazine rings is 1. The number of para-hydroxylation sites is 1. The van der Waals surface area contributed by atoms with Gasteiger partial charge in [-0.15, -0.1) is 0 Å². The molecule has 0 radical (unpaired) electrons. The minimum Gasteiger partial charge on any atom is -0.368 e. The van der Waals surface area contributed by atoms with E-state index < -0.39 is 11.8 Å². The Balaban J connectivity index is 1.31. The van der Waals surface area contributed by atoms with E-state index in [0.29, 0.717) is 37.2 Å². The number of primary amides is 1. The molecule has 0 bridgehead atoms. The first-order valence-corrected chi connectivity index (χ1v) is 14.8. The number of aryl methyl sites for hydroxylation is 1. The summed E-state index contributed by atoms with van der Waals surface area (Å²) in [5.74, 6) is -1.11. The molecule has 2 heterocycles. The van der Waals surface area contributed by atoms with Crippen LogP contribution in [0.15, 0.2) is 66.7 Å². The Morgan fingerprint density at radius 3 is 2.19 bits per heavy atom. The van der Waals surface area contributed by atoms with Crippen molar-refractivity contribution < 1.29 is 19.2 Å². The fourth-order valence-electron chi connectivity index (χ4n) is 5.68. The Labute approximate surface area is 251 Å². The summed E-state index contributed by atoms with van der Waals surface area (Å²) in [6.07, 6.45) is 2.15. The fraction of sp³-hybridized carbons (Fsp3) is 0.333. The molecular formula is C33H38N6O4. The molecule has 2 aliphatic rings. The van der Waals surface area contributed by atoms with Gasteiger partial charge >= 0.3 is 0 Å². The molecule has 2 aliphatic heterocycles. The second kappa shape index (κ2) is 13.4. The zero-order valence-corrected chi connectivity index (χ0v) is 24.5. The summed E-state index contributed by atoms with van der Waals surface area (Å²) in [7, 11) is 0. The van der Waals surface area contributed by atoms with Crippen LogP contribution in [0.1, 0.15) is 55.9 Å². The summed E-state index contributed by atoms with van der Waals surface area (Å²) in [6.45, 7) is 7.02. The van der Waals surface area contributed by atoms with Gasteiger partial charge in [-0.2, -0.15) is 0 Å². The molecule has 0 spiro atoms. The first-order valence-electron chi connectivity index (χ1n) is 14.8. The number of rotatable bonds is 10. The van der Waals surface area contributed by atoms with E-state index in [1.807, 2.05) is 23.1 Å². The molecule has 0 saturated carbocycles. The molecule has 3 aromatic rings. The van der Waals surface area contributed by atoms with Crippen LogP contribution in [0.5, 0.6) is 0 Å². The molecule has 10 nitrogen and oxygen atoms in total. The first kappa shape index (κ1) is 29.6. The average Bonchev–Trinajstić information content (AvgIpc) is 3.43. The van der Waals surface area contributed by atoms with E-state index in [-0.39, 0.29) is 22.9 Å². The standard InChI is InChI=1S/C33H38N6O4/c1-23-7-2-3-10-28(23)37-17-19-38(20-18-37)29-13-12-26(32(42)35-14-6-16-39-15-5-11-30(39)40)22-27(29)36-33(43)25-9-4-8-24(21-25)31(34)41/h2-4,7-10,12-13,21-22H,5-6,11,14-20H2,1H3,(H2,34,41)(H,35,42)(H,36,43). The number of nitrogens with zero attached hydrogens (tertiary/aromatic N) is 3. The number of nitrogens with two attached hydrogens (primary N) is 1. The van der Waals surface area contributed by atoms with Gasteiger partial charge in [-0.25, -0.2) is 0 Å². The van der Waals surface area contributed by atoms with Crippen molar-refractivity contribution in [2.75, 3.05) is 60.9 Å². The number of likely N-dealkylation sites (tertiary alicyclic amines) is 1. The minimum atomic E-state index is -0.616. The van der Waals surface area contributed by atoms with Gasteiger partial charge in [0.2, 0.25) is 11.8 Å². The van der Waals surface area contributed by atoms with Gasteiger partial charge in [0.05, 0.1) is 11.4 Å². The molecule has 4 amide bonds. The van der Waals surface area contributed by atoms with E-state index >= 15 is 0 Å². The fourth-order valence-corrected chi connectivity index (χ4v) is 5.68. The number of hydrogen-bond acceptors (Lipinski definition) is 6. The topological polar surface area (TPSA) is 128 Å². The number of hydrogen-bond donors (Lipinski definition) is 3. The van der Waals surface area contributed by atoms with Crippen LogP contribution in [0.2, 0.25) is 0 Å².